The van der Waals surface area contributed by atoms with Gasteiger partial charge in [-0.1, -0.05) is 67.6 Å². The highest BCUT2D eigenvalue weighted by Gasteiger charge is 2.41. The van der Waals surface area contributed by atoms with Crippen LogP contribution in [-0.2, 0) is 18.9 Å². The minimum absolute atomic E-state index is 0.0572. The summed E-state index contributed by atoms with van der Waals surface area (Å²) in [6, 6.07) is 16.9. The summed E-state index contributed by atoms with van der Waals surface area (Å²) in [5, 5.41) is 12.1. The number of aliphatic carboxylic acids is 1. The zero-order valence-electron chi connectivity index (χ0n) is 14.3. The fourth-order valence-electron chi connectivity index (χ4n) is 2.65. The van der Waals surface area contributed by atoms with Gasteiger partial charge in [0.25, 0.3) is 0 Å². The van der Waals surface area contributed by atoms with Gasteiger partial charge in [-0.2, -0.15) is 0 Å². The molecule has 2 aromatic carbocycles. The van der Waals surface area contributed by atoms with E-state index in [0.717, 1.165) is 0 Å². The highest BCUT2D eigenvalue weighted by Crippen LogP contribution is 2.48. The number of carbonyl (C=O) groups is 3. The third-order valence-electron chi connectivity index (χ3n) is 3.91. The van der Waals surface area contributed by atoms with Crippen molar-refractivity contribution in [3.05, 3.63) is 60.7 Å². The van der Waals surface area contributed by atoms with Crippen LogP contribution >= 0.6 is 7.14 Å². The highest BCUT2D eigenvalue weighted by molar-refractivity contribution is 7.80. The fraction of sp³-hybridized carbons (Fsp3) is 0.211. The molecule has 0 heterocycles. The molecule has 6 nitrogen and oxygen atoms in total. The van der Waals surface area contributed by atoms with Crippen molar-refractivity contribution in [1.29, 1.82) is 0 Å². The second kappa shape index (κ2) is 8.59. The lowest BCUT2D eigenvalue weighted by molar-refractivity contribution is -0.141. The number of benzene rings is 2. The maximum absolute atomic E-state index is 14.2. The first-order valence-corrected chi connectivity index (χ1v) is 9.92. The van der Waals surface area contributed by atoms with Gasteiger partial charge in [0, 0.05) is 17.0 Å². The van der Waals surface area contributed by atoms with Crippen LogP contribution in [0.25, 0.3) is 0 Å². The topological polar surface area (TPSA) is 101 Å². The Morgan fingerprint density at radius 1 is 0.962 bits per heavy atom. The summed E-state index contributed by atoms with van der Waals surface area (Å²) >= 11 is 0. The normalized spacial score (nSPS) is 12.2. The number of hydrogen-bond donors (Lipinski definition) is 2. The number of Topliss-reactive ketones (excluding diaryl/α,β-unsaturated/α-hetero) is 1. The van der Waals surface area contributed by atoms with Crippen molar-refractivity contribution in [2.24, 2.45) is 0 Å². The summed E-state index contributed by atoms with van der Waals surface area (Å²) in [7, 11) is -3.58. The molecule has 1 amide bonds. The summed E-state index contributed by atoms with van der Waals surface area (Å²) in [6.45, 7) is 1.61. The lowest BCUT2D eigenvalue weighted by atomic mass is 10.3. The SMILES string of the molecule is CCC(=O)C(NC(=O)CC(=O)O)P(=O)(c1ccccc1)c1ccccc1. The molecular formula is C19H20NO5P. The van der Waals surface area contributed by atoms with E-state index in [1.165, 1.54) is 0 Å². The molecule has 26 heavy (non-hydrogen) atoms. The average Bonchev–Trinajstić information content (AvgIpc) is 2.65. The van der Waals surface area contributed by atoms with E-state index < -0.39 is 37.0 Å². The molecule has 2 aromatic rings. The Hall–Kier alpha value is -2.72. The molecule has 0 aliphatic heterocycles. The lowest BCUT2D eigenvalue weighted by Gasteiger charge is -2.28. The average molecular weight is 373 g/mol. The Morgan fingerprint density at radius 2 is 1.42 bits per heavy atom. The first kappa shape index (κ1) is 19.6. The highest BCUT2D eigenvalue weighted by atomic mass is 31.2. The predicted molar refractivity (Wildman–Crippen MR) is 99.2 cm³/mol. The van der Waals surface area contributed by atoms with E-state index >= 15 is 0 Å². The third-order valence-corrected chi connectivity index (χ3v) is 7.18. The van der Waals surface area contributed by atoms with Crippen LogP contribution in [-0.4, -0.2) is 28.5 Å². The Balaban J connectivity index is 2.59. The van der Waals surface area contributed by atoms with Crippen LogP contribution in [0.5, 0.6) is 0 Å². The Morgan fingerprint density at radius 3 is 1.81 bits per heavy atom. The van der Waals surface area contributed by atoms with Crippen molar-refractivity contribution < 1.29 is 24.1 Å². The number of carboxylic acid groups (broad SMARTS) is 1. The van der Waals surface area contributed by atoms with E-state index in [1.54, 1.807) is 67.6 Å². The van der Waals surface area contributed by atoms with E-state index in [0.29, 0.717) is 10.6 Å². The van der Waals surface area contributed by atoms with Crippen LogP contribution in [0.3, 0.4) is 0 Å². The minimum Gasteiger partial charge on any atom is -0.481 e. The summed E-state index contributed by atoms with van der Waals surface area (Å²) in [6.07, 6.45) is -0.737. The van der Waals surface area contributed by atoms with Gasteiger partial charge in [-0.05, 0) is 0 Å². The van der Waals surface area contributed by atoms with Gasteiger partial charge in [-0.15, -0.1) is 0 Å². The molecule has 7 heteroatoms. The molecule has 136 valence electrons. The number of hydrogen-bond acceptors (Lipinski definition) is 4. The van der Waals surface area contributed by atoms with E-state index in [4.69, 9.17) is 5.11 Å². The molecule has 0 aliphatic carbocycles. The summed E-state index contributed by atoms with van der Waals surface area (Å²) < 4.78 is 14.2. The number of rotatable bonds is 8. The Kier molecular flexibility index (Phi) is 6.47. The van der Waals surface area contributed by atoms with Crippen LogP contribution in [0, 0.1) is 0 Å². The molecular weight excluding hydrogens is 353 g/mol. The van der Waals surface area contributed by atoms with Crippen molar-refractivity contribution in [2.45, 2.75) is 25.5 Å². The van der Waals surface area contributed by atoms with Gasteiger partial charge in [0.1, 0.15) is 12.2 Å². The van der Waals surface area contributed by atoms with Crippen LogP contribution in [0.4, 0.5) is 0 Å². The third kappa shape index (κ3) is 4.27. The van der Waals surface area contributed by atoms with E-state index in [-0.39, 0.29) is 6.42 Å². The van der Waals surface area contributed by atoms with Gasteiger partial charge < -0.3 is 15.0 Å². The molecule has 0 saturated carbocycles. The molecule has 0 aromatic heterocycles. The molecule has 2 rings (SSSR count). The molecule has 0 fully saturated rings. The van der Waals surface area contributed by atoms with Gasteiger partial charge >= 0.3 is 5.97 Å². The quantitative estimate of drug-likeness (QED) is 0.544. The number of ketones is 1. The first-order chi connectivity index (χ1) is 12.4. The van der Waals surface area contributed by atoms with Crippen LogP contribution < -0.4 is 15.9 Å². The largest absolute Gasteiger partial charge is 0.481 e. The molecule has 0 spiro atoms. The van der Waals surface area contributed by atoms with Crippen LogP contribution in [0.2, 0.25) is 0 Å². The van der Waals surface area contributed by atoms with Crippen molar-refractivity contribution in [2.75, 3.05) is 0 Å². The van der Waals surface area contributed by atoms with Crippen molar-refractivity contribution >= 4 is 35.4 Å². The smallest absolute Gasteiger partial charge is 0.312 e. The van der Waals surface area contributed by atoms with Crippen LogP contribution in [0.1, 0.15) is 19.8 Å². The maximum Gasteiger partial charge on any atom is 0.312 e. The number of nitrogens with one attached hydrogen (secondary N) is 1. The zero-order valence-corrected chi connectivity index (χ0v) is 15.2. The minimum atomic E-state index is -3.58. The molecule has 0 radical (unpaired) electrons. The Bertz CT molecular complexity index is 792. The molecule has 0 bridgehead atoms. The number of amides is 1. The fourth-order valence-corrected chi connectivity index (χ4v) is 5.69. The van der Waals surface area contributed by atoms with E-state index in [2.05, 4.69) is 5.32 Å². The Labute approximate surface area is 151 Å². The van der Waals surface area contributed by atoms with Gasteiger partial charge in [-0.25, -0.2) is 0 Å². The monoisotopic (exact) mass is 373 g/mol. The first-order valence-electron chi connectivity index (χ1n) is 8.14. The second-order valence-electron chi connectivity index (χ2n) is 5.69. The molecule has 2 N–H and O–H groups in total. The van der Waals surface area contributed by atoms with Gasteiger partial charge in [0.05, 0.1) is 0 Å². The molecule has 0 saturated heterocycles. The van der Waals surface area contributed by atoms with Crippen LogP contribution in [0.15, 0.2) is 60.7 Å². The van der Waals surface area contributed by atoms with Crippen molar-refractivity contribution in [3.8, 4) is 0 Å². The number of carbonyl (C=O) groups excluding carboxylic acids is 2. The molecule has 0 aliphatic rings. The van der Waals surface area contributed by atoms with E-state index in [1.807, 2.05) is 0 Å². The maximum atomic E-state index is 14.2. The van der Waals surface area contributed by atoms with Gasteiger partial charge in [0.15, 0.2) is 12.9 Å². The van der Waals surface area contributed by atoms with Crippen molar-refractivity contribution in [3.63, 3.8) is 0 Å². The summed E-state index contributed by atoms with van der Waals surface area (Å²) in [5.74, 6) is -3.90. The summed E-state index contributed by atoms with van der Waals surface area (Å²) in [5.41, 5.74) is 0. The van der Waals surface area contributed by atoms with Gasteiger partial charge in [0.2, 0.25) is 5.91 Å². The second-order valence-corrected chi connectivity index (χ2v) is 8.55. The van der Waals surface area contributed by atoms with E-state index in [9.17, 15) is 18.9 Å². The molecule has 1 unspecified atom stereocenters. The van der Waals surface area contributed by atoms with Gasteiger partial charge in [-0.3, -0.25) is 14.4 Å². The zero-order chi connectivity index (χ0) is 19.2. The predicted octanol–water partition coefficient (Wildman–Crippen LogP) is 1.90. The van der Waals surface area contributed by atoms with Crippen molar-refractivity contribution in [1.82, 2.24) is 5.32 Å². The summed E-state index contributed by atoms with van der Waals surface area (Å²) in [4.78, 5) is 35.4. The number of carboxylic acids is 1. The molecule has 1 atom stereocenters. The lowest BCUT2D eigenvalue weighted by Crippen LogP contribution is -2.45. The standard InChI is InChI=1S/C19H20NO5P/c1-2-16(21)19(20-17(22)13-18(23)24)26(25,14-9-5-3-6-10-14)15-11-7-4-8-12-15/h3-12,19H,2,13H2,1H3,(H,20,22)(H,23,24).